The maximum atomic E-state index is 10.4. The molecule has 3 nitrogen and oxygen atoms in total. The van der Waals surface area contributed by atoms with Crippen molar-refractivity contribution in [1.82, 2.24) is 5.32 Å². The minimum Gasteiger partial charge on any atom is -0.506 e. The lowest BCUT2D eigenvalue weighted by molar-refractivity contribution is 0.382. The zero-order chi connectivity index (χ0) is 14.9. The predicted molar refractivity (Wildman–Crippen MR) is 91.3 cm³/mol. The van der Waals surface area contributed by atoms with Crippen LogP contribution in [0.25, 0.3) is 0 Å². The monoisotopic (exact) mass is 312 g/mol. The molecule has 22 heavy (non-hydrogen) atoms. The molecule has 2 N–H and O–H groups in total. The molecule has 2 aromatic carbocycles. The summed E-state index contributed by atoms with van der Waals surface area (Å²) in [7, 11) is 0. The molecule has 0 spiro atoms. The summed E-state index contributed by atoms with van der Waals surface area (Å²) in [4.78, 5) is 4.72. The van der Waals surface area contributed by atoms with E-state index in [1.807, 2.05) is 6.07 Å². The van der Waals surface area contributed by atoms with Gasteiger partial charge in [-0.25, -0.2) is 0 Å². The van der Waals surface area contributed by atoms with Crippen LogP contribution in [-0.4, -0.2) is 24.7 Å². The molecule has 2 aromatic rings. The molecule has 4 rings (SSSR count). The lowest BCUT2D eigenvalue weighted by Gasteiger charge is -2.36. The van der Waals surface area contributed by atoms with Gasteiger partial charge in [-0.2, -0.15) is 0 Å². The fourth-order valence-electron chi connectivity index (χ4n) is 3.40. The molecule has 4 heteroatoms. The highest BCUT2D eigenvalue weighted by atomic mass is 32.2. The van der Waals surface area contributed by atoms with Crippen molar-refractivity contribution in [1.29, 1.82) is 0 Å². The fraction of sp³-hybridized carbons (Fsp3) is 0.333. The van der Waals surface area contributed by atoms with Crippen LogP contribution in [0.2, 0.25) is 0 Å². The maximum Gasteiger partial charge on any atom is 0.140 e. The number of benzene rings is 2. The number of phenolic OH excluding ortho intramolecular Hbond substituents is 1. The number of para-hydroxylation sites is 2. The van der Waals surface area contributed by atoms with Crippen LogP contribution in [0.4, 0.5) is 11.4 Å². The molecule has 1 fully saturated rings. The van der Waals surface area contributed by atoms with Gasteiger partial charge in [0.15, 0.2) is 0 Å². The first-order valence-corrected chi connectivity index (χ1v) is 8.72. The topological polar surface area (TPSA) is 35.5 Å². The lowest BCUT2D eigenvalue weighted by Crippen LogP contribution is -2.37. The van der Waals surface area contributed by atoms with Crippen molar-refractivity contribution < 1.29 is 5.11 Å². The van der Waals surface area contributed by atoms with Crippen molar-refractivity contribution >= 4 is 23.1 Å². The van der Waals surface area contributed by atoms with Crippen molar-refractivity contribution in [2.24, 2.45) is 5.92 Å². The van der Waals surface area contributed by atoms with Crippen LogP contribution in [0.1, 0.15) is 12.8 Å². The zero-order valence-corrected chi connectivity index (χ0v) is 13.3. The minimum atomic E-state index is 0.378. The second kappa shape index (κ2) is 5.86. The Morgan fingerprint density at radius 3 is 2.86 bits per heavy atom. The number of hydrogen-bond acceptors (Lipinski definition) is 4. The number of anilines is 2. The number of piperidine rings is 1. The number of phenols is 1. The summed E-state index contributed by atoms with van der Waals surface area (Å²) in [6, 6.07) is 14.3. The third-order valence-corrected chi connectivity index (χ3v) is 5.58. The second-order valence-corrected chi connectivity index (χ2v) is 7.10. The Bertz CT molecular complexity index is 683. The Labute approximate surface area is 135 Å². The molecule has 1 saturated heterocycles. The molecular weight excluding hydrogens is 292 g/mol. The van der Waals surface area contributed by atoms with Gasteiger partial charge in [-0.1, -0.05) is 30.0 Å². The average Bonchev–Trinajstić information content (AvgIpc) is 2.56. The van der Waals surface area contributed by atoms with E-state index in [2.05, 4.69) is 40.5 Å². The average molecular weight is 312 g/mol. The van der Waals surface area contributed by atoms with Gasteiger partial charge in [-0.05, 0) is 56.1 Å². The summed E-state index contributed by atoms with van der Waals surface area (Å²) in [6.07, 6.45) is 2.49. The molecule has 2 aliphatic rings. The fourth-order valence-corrected chi connectivity index (χ4v) is 4.52. The van der Waals surface area contributed by atoms with Crippen molar-refractivity contribution in [2.45, 2.75) is 22.6 Å². The minimum absolute atomic E-state index is 0.378. The smallest absolute Gasteiger partial charge is 0.140 e. The van der Waals surface area contributed by atoms with Crippen LogP contribution in [0.5, 0.6) is 5.75 Å². The van der Waals surface area contributed by atoms with E-state index < -0.39 is 0 Å². The Morgan fingerprint density at radius 2 is 2.00 bits per heavy atom. The van der Waals surface area contributed by atoms with Crippen LogP contribution in [0.15, 0.2) is 52.3 Å². The first-order chi connectivity index (χ1) is 10.8. The normalized spacial score (nSPS) is 20.4. The molecule has 2 heterocycles. The third kappa shape index (κ3) is 2.46. The molecule has 0 saturated carbocycles. The van der Waals surface area contributed by atoms with Crippen LogP contribution in [0, 0.1) is 5.92 Å². The lowest BCUT2D eigenvalue weighted by atomic mass is 9.98. The Balaban J connectivity index is 1.75. The third-order valence-electron chi connectivity index (χ3n) is 4.46. The molecule has 0 aromatic heterocycles. The van der Waals surface area contributed by atoms with E-state index in [-0.39, 0.29) is 0 Å². The quantitative estimate of drug-likeness (QED) is 0.879. The number of hydrogen-bond donors (Lipinski definition) is 2. The maximum absolute atomic E-state index is 10.4. The van der Waals surface area contributed by atoms with Gasteiger partial charge >= 0.3 is 0 Å². The van der Waals surface area contributed by atoms with Crippen molar-refractivity contribution in [3.05, 3.63) is 42.5 Å². The van der Waals surface area contributed by atoms with Crippen LogP contribution in [0.3, 0.4) is 0 Å². The predicted octanol–water partition coefficient (Wildman–Crippen LogP) is 3.99. The molecule has 0 aliphatic carbocycles. The van der Waals surface area contributed by atoms with E-state index in [1.54, 1.807) is 17.8 Å². The van der Waals surface area contributed by atoms with Gasteiger partial charge in [-0.3, -0.25) is 0 Å². The Kier molecular flexibility index (Phi) is 3.72. The first-order valence-electron chi connectivity index (χ1n) is 7.90. The molecule has 114 valence electrons. The molecule has 2 aliphatic heterocycles. The number of nitrogens with zero attached hydrogens (tertiary/aromatic N) is 1. The SMILES string of the molecule is Oc1cccc2c1N(CC1CCCNC1)c1ccccc1S2. The van der Waals surface area contributed by atoms with E-state index in [9.17, 15) is 5.11 Å². The summed E-state index contributed by atoms with van der Waals surface area (Å²) in [5, 5.41) is 13.9. The van der Waals surface area contributed by atoms with Gasteiger partial charge < -0.3 is 15.3 Å². The number of fused-ring (bicyclic) bond motifs is 2. The van der Waals surface area contributed by atoms with Crippen molar-refractivity contribution in [2.75, 3.05) is 24.5 Å². The summed E-state index contributed by atoms with van der Waals surface area (Å²) in [5.41, 5.74) is 2.18. The Hall–Kier alpha value is -1.65. The zero-order valence-electron chi connectivity index (χ0n) is 12.5. The standard InChI is InChI=1S/C18H20N2OS/c21-15-7-3-9-17-18(15)20(12-13-5-4-10-19-11-13)14-6-1-2-8-16(14)22-17/h1-3,6-9,13,19,21H,4-5,10-12H2. The van der Waals surface area contributed by atoms with Gasteiger partial charge in [0.2, 0.25) is 0 Å². The number of aromatic hydroxyl groups is 1. The van der Waals surface area contributed by atoms with Crippen LogP contribution < -0.4 is 10.2 Å². The summed E-state index contributed by atoms with van der Waals surface area (Å²) in [6.45, 7) is 3.15. The molecule has 1 atom stereocenters. The van der Waals surface area contributed by atoms with E-state index in [0.29, 0.717) is 11.7 Å². The van der Waals surface area contributed by atoms with Gasteiger partial charge in [-0.15, -0.1) is 0 Å². The van der Waals surface area contributed by atoms with E-state index in [0.717, 1.165) is 30.2 Å². The molecule has 1 unspecified atom stereocenters. The molecule has 0 amide bonds. The van der Waals surface area contributed by atoms with Gasteiger partial charge in [0.05, 0.1) is 11.4 Å². The van der Waals surface area contributed by atoms with E-state index in [4.69, 9.17) is 0 Å². The first kappa shape index (κ1) is 14.0. The largest absolute Gasteiger partial charge is 0.506 e. The number of rotatable bonds is 2. The summed E-state index contributed by atoms with van der Waals surface area (Å²) >= 11 is 1.75. The van der Waals surface area contributed by atoms with Crippen molar-refractivity contribution in [3.63, 3.8) is 0 Å². The Morgan fingerprint density at radius 1 is 1.14 bits per heavy atom. The highest BCUT2D eigenvalue weighted by molar-refractivity contribution is 7.99. The number of nitrogens with one attached hydrogen (secondary N) is 1. The van der Waals surface area contributed by atoms with Gasteiger partial charge in [0.25, 0.3) is 0 Å². The molecule has 0 bridgehead atoms. The summed E-state index contributed by atoms with van der Waals surface area (Å²) in [5.74, 6) is 1.00. The van der Waals surface area contributed by atoms with Crippen LogP contribution in [-0.2, 0) is 0 Å². The van der Waals surface area contributed by atoms with Gasteiger partial charge in [0.1, 0.15) is 5.75 Å². The van der Waals surface area contributed by atoms with Crippen LogP contribution >= 0.6 is 11.8 Å². The second-order valence-electron chi connectivity index (χ2n) is 6.02. The molecular formula is C18H20N2OS. The molecule has 0 radical (unpaired) electrons. The van der Waals surface area contributed by atoms with E-state index in [1.165, 1.54) is 23.4 Å². The highest BCUT2D eigenvalue weighted by Crippen LogP contribution is 2.51. The summed E-state index contributed by atoms with van der Waals surface area (Å²) < 4.78 is 0. The highest BCUT2D eigenvalue weighted by Gasteiger charge is 2.28. The van der Waals surface area contributed by atoms with E-state index >= 15 is 0 Å². The van der Waals surface area contributed by atoms with Crippen molar-refractivity contribution in [3.8, 4) is 5.75 Å². The van der Waals surface area contributed by atoms with Gasteiger partial charge in [0, 0.05) is 16.3 Å².